The Morgan fingerprint density at radius 1 is 1.33 bits per heavy atom. The summed E-state index contributed by atoms with van der Waals surface area (Å²) in [5.74, 6) is 0.0278. The number of nitrogens with one attached hydrogen (secondary N) is 2. The third-order valence-electron chi connectivity index (χ3n) is 2.85. The Morgan fingerprint density at radius 3 is 2.48 bits per heavy atom. The molecule has 0 saturated heterocycles. The first-order valence-corrected chi connectivity index (χ1v) is 6.53. The van der Waals surface area contributed by atoms with Crippen molar-refractivity contribution >= 4 is 11.7 Å². The Bertz CT molecular complexity index is 450. The summed E-state index contributed by atoms with van der Waals surface area (Å²) < 4.78 is 28.2. The quantitative estimate of drug-likeness (QED) is 0.725. The van der Waals surface area contributed by atoms with Crippen molar-refractivity contribution in [3.8, 4) is 5.75 Å². The van der Waals surface area contributed by atoms with Gasteiger partial charge in [0.2, 0.25) is 0 Å². The second kappa shape index (κ2) is 7.78. The van der Waals surface area contributed by atoms with Crippen LogP contribution in [0, 0.1) is 5.41 Å². The molecule has 2 amide bonds. The first kappa shape index (κ1) is 17.2. The van der Waals surface area contributed by atoms with E-state index in [-0.39, 0.29) is 17.8 Å². The van der Waals surface area contributed by atoms with Crippen LogP contribution in [0.3, 0.4) is 0 Å². The molecule has 0 aliphatic heterocycles. The van der Waals surface area contributed by atoms with Crippen molar-refractivity contribution in [3.05, 3.63) is 24.3 Å². The number of alkyl halides is 2. The SMILES string of the molecule is CC(C)(CCO)CNC(=O)Nc1ccc(OC(F)F)cc1. The van der Waals surface area contributed by atoms with Gasteiger partial charge in [0.25, 0.3) is 0 Å². The van der Waals surface area contributed by atoms with Crippen molar-refractivity contribution in [2.24, 2.45) is 5.41 Å². The van der Waals surface area contributed by atoms with Crippen molar-refractivity contribution in [2.45, 2.75) is 26.9 Å². The monoisotopic (exact) mass is 302 g/mol. The highest BCUT2D eigenvalue weighted by Crippen LogP contribution is 2.19. The third kappa shape index (κ3) is 6.89. The first-order chi connectivity index (χ1) is 9.82. The fraction of sp³-hybridized carbons (Fsp3) is 0.500. The van der Waals surface area contributed by atoms with E-state index in [2.05, 4.69) is 15.4 Å². The van der Waals surface area contributed by atoms with E-state index in [0.29, 0.717) is 18.7 Å². The molecule has 1 rings (SSSR count). The van der Waals surface area contributed by atoms with Gasteiger partial charge in [0, 0.05) is 18.8 Å². The number of aliphatic hydroxyl groups is 1. The maximum Gasteiger partial charge on any atom is 0.387 e. The van der Waals surface area contributed by atoms with Crippen LogP contribution < -0.4 is 15.4 Å². The van der Waals surface area contributed by atoms with E-state index in [1.54, 1.807) is 0 Å². The van der Waals surface area contributed by atoms with Crippen molar-refractivity contribution < 1.29 is 23.4 Å². The Labute approximate surface area is 122 Å². The Morgan fingerprint density at radius 2 is 1.95 bits per heavy atom. The summed E-state index contributed by atoms with van der Waals surface area (Å²) in [6, 6.07) is 5.23. The zero-order valence-electron chi connectivity index (χ0n) is 12.0. The molecular formula is C14H20F2N2O3. The second-order valence-corrected chi connectivity index (χ2v) is 5.35. The van der Waals surface area contributed by atoms with Gasteiger partial charge in [-0.3, -0.25) is 0 Å². The third-order valence-corrected chi connectivity index (χ3v) is 2.85. The van der Waals surface area contributed by atoms with Gasteiger partial charge >= 0.3 is 12.6 Å². The fourth-order valence-corrected chi connectivity index (χ4v) is 1.61. The molecule has 0 aromatic heterocycles. The molecule has 0 atom stereocenters. The fourth-order valence-electron chi connectivity index (χ4n) is 1.61. The summed E-state index contributed by atoms with van der Waals surface area (Å²) in [5.41, 5.74) is 0.259. The van der Waals surface area contributed by atoms with E-state index >= 15 is 0 Å². The van der Waals surface area contributed by atoms with Crippen LogP contribution in [0.4, 0.5) is 19.3 Å². The average Bonchev–Trinajstić information content (AvgIpc) is 2.38. The Kier molecular flexibility index (Phi) is 6.36. The van der Waals surface area contributed by atoms with Gasteiger partial charge in [-0.15, -0.1) is 0 Å². The molecule has 0 fully saturated rings. The van der Waals surface area contributed by atoms with Gasteiger partial charge in [-0.05, 0) is 36.1 Å². The molecule has 0 spiro atoms. The summed E-state index contributed by atoms with van der Waals surface area (Å²) in [7, 11) is 0. The van der Waals surface area contributed by atoms with Crippen molar-refractivity contribution in [1.29, 1.82) is 0 Å². The lowest BCUT2D eigenvalue weighted by molar-refractivity contribution is -0.0498. The predicted octanol–water partition coefficient (Wildman–Crippen LogP) is 2.82. The minimum absolute atomic E-state index is 0.0278. The van der Waals surface area contributed by atoms with Gasteiger partial charge in [-0.1, -0.05) is 13.8 Å². The Balaban J connectivity index is 2.44. The van der Waals surface area contributed by atoms with E-state index < -0.39 is 12.6 Å². The van der Waals surface area contributed by atoms with Gasteiger partial charge in [-0.2, -0.15) is 8.78 Å². The molecule has 1 aromatic carbocycles. The number of hydrogen-bond donors (Lipinski definition) is 3. The molecule has 0 aliphatic carbocycles. The molecule has 3 N–H and O–H groups in total. The summed E-state index contributed by atoms with van der Waals surface area (Å²) >= 11 is 0. The minimum atomic E-state index is -2.87. The number of ether oxygens (including phenoxy) is 1. The molecule has 0 bridgehead atoms. The molecule has 0 unspecified atom stereocenters. The average molecular weight is 302 g/mol. The van der Waals surface area contributed by atoms with E-state index in [1.807, 2.05) is 13.8 Å². The van der Waals surface area contributed by atoms with E-state index in [4.69, 9.17) is 5.11 Å². The normalized spacial score (nSPS) is 11.3. The molecule has 0 radical (unpaired) electrons. The molecule has 5 nitrogen and oxygen atoms in total. The lowest BCUT2D eigenvalue weighted by Crippen LogP contribution is -2.37. The topological polar surface area (TPSA) is 70.6 Å². The van der Waals surface area contributed by atoms with Gasteiger partial charge in [0.15, 0.2) is 0 Å². The number of anilines is 1. The van der Waals surface area contributed by atoms with Gasteiger partial charge in [-0.25, -0.2) is 4.79 Å². The number of urea groups is 1. The smallest absolute Gasteiger partial charge is 0.387 e. The number of amides is 2. The zero-order valence-corrected chi connectivity index (χ0v) is 12.0. The molecule has 0 aliphatic rings. The van der Waals surface area contributed by atoms with Crippen LogP contribution in [0.25, 0.3) is 0 Å². The number of carbonyl (C=O) groups is 1. The van der Waals surface area contributed by atoms with Crippen molar-refractivity contribution in [3.63, 3.8) is 0 Å². The van der Waals surface area contributed by atoms with Crippen LogP contribution in [-0.4, -0.2) is 30.9 Å². The predicted molar refractivity (Wildman–Crippen MR) is 75.6 cm³/mol. The van der Waals surface area contributed by atoms with E-state index in [0.717, 1.165) is 0 Å². The molecular weight excluding hydrogens is 282 g/mol. The molecule has 1 aromatic rings. The van der Waals surface area contributed by atoms with Crippen LogP contribution in [0.1, 0.15) is 20.3 Å². The maximum atomic E-state index is 12.0. The summed E-state index contributed by atoms with van der Waals surface area (Å²) in [4.78, 5) is 11.7. The number of benzene rings is 1. The number of halogens is 2. The van der Waals surface area contributed by atoms with E-state index in [9.17, 15) is 13.6 Å². The van der Waals surface area contributed by atoms with E-state index in [1.165, 1.54) is 24.3 Å². The van der Waals surface area contributed by atoms with Crippen LogP contribution in [0.15, 0.2) is 24.3 Å². The zero-order chi connectivity index (χ0) is 15.9. The highest BCUT2D eigenvalue weighted by Gasteiger charge is 2.18. The number of hydrogen-bond acceptors (Lipinski definition) is 3. The van der Waals surface area contributed by atoms with Crippen LogP contribution in [0.2, 0.25) is 0 Å². The number of aliphatic hydroxyl groups excluding tert-OH is 1. The highest BCUT2D eigenvalue weighted by atomic mass is 19.3. The molecule has 7 heteroatoms. The second-order valence-electron chi connectivity index (χ2n) is 5.35. The van der Waals surface area contributed by atoms with Gasteiger partial charge < -0.3 is 20.5 Å². The number of carbonyl (C=O) groups excluding carboxylic acids is 1. The lowest BCUT2D eigenvalue weighted by atomic mass is 9.90. The molecule has 118 valence electrons. The minimum Gasteiger partial charge on any atom is -0.435 e. The molecule has 0 heterocycles. The van der Waals surface area contributed by atoms with Gasteiger partial charge in [0.1, 0.15) is 5.75 Å². The lowest BCUT2D eigenvalue weighted by Gasteiger charge is -2.23. The van der Waals surface area contributed by atoms with Crippen LogP contribution in [-0.2, 0) is 0 Å². The molecule has 0 saturated carbocycles. The summed E-state index contributed by atoms with van der Waals surface area (Å²) in [6.07, 6.45) is 0.576. The molecule has 21 heavy (non-hydrogen) atoms. The van der Waals surface area contributed by atoms with Crippen molar-refractivity contribution in [2.75, 3.05) is 18.5 Å². The largest absolute Gasteiger partial charge is 0.435 e. The van der Waals surface area contributed by atoms with Crippen LogP contribution >= 0.6 is 0 Å². The summed E-state index contributed by atoms with van der Waals surface area (Å²) in [6.45, 7) is 1.45. The van der Waals surface area contributed by atoms with Crippen molar-refractivity contribution in [1.82, 2.24) is 5.32 Å². The van der Waals surface area contributed by atoms with Gasteiger partial charge in [0.05, 0.1) is 0 Å². The van der Waals surface area contributed by atoms with Crippen LogP contribution in [0.5, 0.6) is 5.75 Å². The first-order valence-electron chi connectivity index (χ1n) is 6.53. The standard InChI is InChI=1S/C14H20F2N2O3/c1-14(2,7-8-19)9-17-13(20)18-10-3-5-11(6-4-10)21-12(15)16/h3-6,12,19H,7-9H2,1-2H3,(H2,17,18,20). The highest BCUT2D eigenvalue weighted by molar-refractivity contribution is 5.89. The Hall–Kier alpha value is -1.89. The summed E-state index contributed by atoms with van der Waals surface area (Å²) in [5, 5.41) is 14.2. The maximum absolute atomic E-state index is 12.0. The number of rotatable bonds is 7.